The zero-order valence-electron chi connectivity index (χ0n) is 14.1. The zero-order chi connectivity index (χ0) is 17.9. The Bertz CT molecular complexity index is 1010. The van der Waals surface area contributed by atoms with Gasteiger partial charge in [0.2, 0.25) is 5.95 Å². The highest BCUT2D eigenvalue weighted by Crippen LogP contribution is 2.21. The van der Waals surface area contributed by atoms with Gasteiger partial charge in [0.05, 0.1) is 16.7 Å². The Kier molecular flexibility index (Phi) is 4.25. The molecule has 5 N–H and O–H groups in total. The lowest BCUT2D eigenvalue weighted by atomic mass is 10.0. The number of aromatic amines is 1. The number of anilines is 2. The van der Waals surface area contributed by atoms with Crippen LogP contribution < -0.4 is 11.1 Å². The number of nitrogens with two attached hydrogens (primary N) is 1. The summed E-state index contributed by atoms with van der Waals surface area (Å²) >= 11 is 0. The van der Waals surface area contributed by atoms with Gasteiger partial charge in [-0.05, 0) is 41.5 Å². The van der Waals surface area contributed by atoms with Crippen LogP contribution in [0.2, 0.25) is 0 Å². The number of hydrogen-bond acceptors (Lipinski definition) is 5. The van der Waals surface area contributed by atoms with Crippen molar-refractivity contribution in [1.29, 1.82) is 0 Å². The molecule has 1 unspecified atom stereocenters. The number of nitrogen functional groups attached to an aromatic ring is 1. The van der Waals surface area contributed by atoms with Crippen molar-refractivity contribution in [2.24, 2.45) is 0 Å². The monoisotopic (exact) mass is 345 g/mol. The van der Waals surface area contributed by atoms with Crippen LogP contribution in [-0.4, -0.2) is 20.1 Å². The summed E-state index contributed by atoms with van der Waals surface area (Å²) in [6.45, 7) is 0.620. The maximum atomic E-state index is 10.4. The summed E-state index contributed by atoms with van der Waals surface area (Å²) in [5.41, 5.74) is 10.8. The van der Waals surface area contributed by atoms with E-state index < -0.39 is 6.10 Å². The topological polar surface area (TPSA) is 99.8 Å². The fourth-order valence-electron chi connectivity index (χ4n) is 2.82. The number of pyridine rings is 1. The van der Waals surface area contributed by atoms with Crippen LogP contribution in [0.25, 0.3) is 11.0 Å². The van der Waals surface area contributed by atoms with Crippen LogP contribution in [0, 0.1) is 0 Å². The summed E-state index contributed by atoms with van der Waals surface area (Å²) in [5, 5.41) is 13.7. The number of imidazole rings is 1. The number of nitrogens with one attached hydrogen (secondary N) is 2. The van der Waals surface area contributed by atoms with E-state index >= 15 is 0 Å². The fraction of sp³-hybridized carbons (Fsp3) is 0.100. The van der Waals surface area contributed by atoms with E-state index in [0.29, 0.717) is 23.9 Å². The lowest BCUT2D eigenvalue weighted by Crippen LogP contribution is -2.04. The predicted octanol–water partition coefficient (Wildman–Crippen LogP) is 3.23. The Labute approximate surface area is 150 Å². The van der Waals surface area contributed by atoms with Crippen molar-refractivity contribution in [3.05, 3.63) is 83.7 Å². The summed E-state index contributed by atoms with van der Waals surface area (Å²) in [5.74, 6) is 0.697. The van der Waals surface area contributed by atoms with Gasteiger partial charge in [-0.2, -0.15) is 0 Å². The van der Waals surface area contributed by atoms with Gasteiger partial charge in [-0.3, -0.25) is 4.98 Å². The van der Waals surface area contributed by atoms with E-state index in [0.717, 1.165) is 22.2 Å². The van der Waals surface area contributed by atoms with E-state index in [1.165, 1.54) is 0 Å². The number of fused-ring (bicyclic) bond motifs is 1. The second-order valence-electron chi connectivity index (χ2n) is 6.11. The first-order chi connectivity index (χ1) is 12.7. The minimum atomic E-state index is -0.723. The molecule has 4 rings (SSSR count). The van der Waals surface area contributed by atoms with Gasteiger partial charge in [-0.1, -0.05) is 30.3 Å². The third kappa shape index (κ3) is 3.36. The van der Waals surface area contributed by atoms with E-state index in [-0.39, 0.29) is 0 Å². The summed E-state index contributed by atoms with van der Waals surface area (Å²) in [6.07, 6.45) is 0.955. The summed E-state index contributed by atoms with van der Waals surface area (Å²) in [6, 6.07) is 18.9. The molecule has 6 nitrogen and oxygen atoms in total. The highest BCUT2D eigenvalue weighted by atomic mass is 16.3. The van der Waals surface area contributed by atoms with E-state index in [9.17, 15) is 5.11 Å². The Hall–Kier alpha value is -3.38. The largest absolute Gasteiger partial charge is 0.399 e. The number of aliphatic hydroxyl groups excluding tert-OH is 1. The molecular weight excluding hydrogens is 326 g/mol. The minimum absolute atomic E-state index is 0.620. The van der Waals surface area contributed by atoms with Gasteiger partial charge in [0.25, 0.3) is 0 Å². The second-order valence-corrected chi connectivity index (χ2v) is 6.11. The smallest absolute Gasteiger partial charge is 0.201 e. The zero-order valence-corrected chi connectivity index (χ0v) is 14.1. The lowest BCUT2D eigenvalue weighted by Gasteiger charge is -2.11. The van der Waals surface area contributed by atoms with E-state index in [1.54, 1.807) is 6.20 Å². The number of rotatable bonds is 5. The predicted molar refractivity (Wildman–Crippen MR) is 103 cm³/mol. The molecule has 0 saturated heterocycles. The van der Waals surface area contributed by atoms with Crippen LogP contribution in [0.15, 0.2) is 66.9 Å². The van der Waals surface area contributed by atoms with Gasteiger partial charge >= 0.3 is 0 Å². The van der Waals surface area contributed by atoms with Crippen LogP contribution in [0.4, 0.5) is 11.6 Å². The number of nitrogens with zero attached hydrogens (tertiary/aromatic N) is 2. The molecule has 0 aliphatic carbocycles. The van der Waals surface area contributed by atoms with E-state index in [4.69, 9.17) is 5.73 Å². The minimum Gasteiger partial charge on any atom is -0.399 e. The Balaban J connectivity index is 1.43. The molecule has 4 aromatic rings. The Morgan fingerprint density at radius 2 is 1.92 bits per heavy atom. The number of aromatic nitrogens is 3. The van der Waals surface area contributed by atoms with Gasteiger partial charge in [-0.25, -0.2) is 4.98 Å². The van der Waals surface area contributed by atoms with Crippen molar-refractivity contribution in [3.63, 3.8) is 0 Å². The first-order valence-electron chi connectivity index (χ1n) is 8.36. The van der Waals surface area contributed by atoms with Crippen molar-refractivity contribution in [3.8, 4) is 0 Å². The first kappa shape index (κ1) is 16.1. The van der Waals surface area contributed by atoms with Crippen LogP contribution in [0.5, 0.6) is 0 Å². The van der Waals surface area contributed by atoms with Gasteiger partial charge < -0.3 is 21.1 Å². The quantitative estimate of drug-likeness (QED) is 0.416. The maximum absolute atomic E-state index is 10.4. The van der Waals surface area contributed by atoms with Crippen molar-refractivity contribution in [1.82, 2.24) is 15.0 Å². The SMILES string of the molecule is Nc1ccc2nc(NCc3ccc(C(O)c4ccccn4)cc3)[nH]c2c1. The average Bonchev–Trinajstić information content (AvgIpc) is 3.09. The molecule has 0 aliphatic heterocycles. The average molecular weight is 345 g/mol. The molecule has 0 fully saturated rings. The lowest BCUT2D eigenvalue weighted by molar-refractivity contribution is 0.215. The number of benzene rings is 2. The molecule has 0 aliphatic rings. The summed E-state index contributed by atoms with van der Waals surface area (Å²) in [4.78, 5) is 11.9. The first-order valence-corrected chi connectivity index (χ1v) is 8.36. The number of aliphatic hydroxyl groups is 1. The third-order valence-corrected chi connectivity index (χ3v) is 4.23. The summed E-state index contributed by atoms with van der Waals surface area (Å²) in [7, 11) is 0. The molecule has 0 spiro atoms. The van der Waals surface area contributed by atoms with Gasteiger partial charge in [0.15, 0.2) is 0 Å². The molecular formula is C20H19N5O. The van der Waals surface area contributed by atoms with E-state index in [2.05, 4.69) is 20.3 Å². The molecule has 0 radical (unpaired) electrons. The van der Waals surface area contributed by atoms with Gasteiger partial charge in [0, 0.05) is 18.4 Å². The van der Waals surface area contributed by atoms with Gasteiger partial charge in [0.1, 0.15) is 6.10 Å². The number of H-pyrrole nitrogens is 1. The molecule has 6 heteroatoms. The van der Waals surface area contributed by atoms with Crippen molar-refractivity contribution < 1.29 is 5.11 Å². The highest BCUT2D eigenvalue weighted by molar-refractivity contribution is 5.80. The molecule has 1 atom stereocenters. The van der Waals surface area contributed by atoms with Crippen molar-refractivity contribution >= 4 is 22.7 Å². The van der Waals surface area contributed by atoms with Crippen molar-refractivity contribution in [2.45, 2.75) is 12.6 Å². The van der Waals surface area contributed by atoms with Crippen LogP contribution in [0.1, 0.15) is 22.9 Å². The van der Waals surface area contributed by atoms with E-state index in [1.807, 2.05) is 60.7 Å². The highest BCUT2D eigenvalue weighted by Gasteiger charge is 2.11. The molecule has 0 amide bonds. The molecule has 2 aromatic heterocycles. The molecule has 2 heterocycles. The number of hydrogen-bond donors (Lipinski definition) is 4. The molecule has 130 valence electrons. The molecule has 0 saturated carbocycles. The van der Waals surface area contributed by atoms with Crippen LogP contribution >= 0.6 is 0 Å². The normalized spacial score (nSPS) is 12.2. The third-order valence-electron chi connectivity index (χ3n) is 4.23. The van der Waals surface area contributed by atoms with Crippen LogP contribution in [0.3, 0.4) is 0 Å². The molecule has 2 aromatic carbocycles. The van der Waals surface area contributed by atoms with Crippen LogP contribution in [-0.2, 0) is 6.54 Å². The summed E-state index contributed by atoms with van der Waals surface area (Å²) < 4.78 is 0. The Morgan fingerprint density at radius 1 is 1.08 bits per heavy atom. The maximum Gasteiger partial charge on any atom is 0.201 e. The fourth-order valence-corrected chi connectivity index (χ4v) is 2.82. The Morgan fingerprint density at radius 3 is 2.69 bits per heavy atom. The molecule has 0 bridgehead atoms. The standard InChI is InChI=1S/C20H19N5O/c21-15-8-9-16-18(11-15)25-20(24-16)23-12-13-4-6-14(7-5-13)19(26)17-3-1-2-10-22-17/h1-11,19,26H,12,21H2,(H2,23,24,25). The molecule has 26 heavy (non-hydrogen) atoms. The second kappa shape index (κ2) is 6.85. The van der Waals surface area contributed by atoms with Crippen molar-refractivity contribution in [2.75, 3.05) is 11.1 Å². The van der Waals surface area contributed by atoms with Gasteiger partial charge in [-0.15, -0.1) is 0 Å².